The summed E-state index contributed by atoms with van der Waals surface area (Å²) in [5.41, 5.74) is 1.08. The number of carbonyl (C=O) groups excluding carboxylic acids is 1. The second kappa shape index (κ2) is 8.07. The van der Waals surface area contributed by atoms with Gasteiger partial charge in [0.2, 0.25) is 5.91 Å². The first-order valence-electron chi connectivity index (χ1n) is 9.94. The predicted molar refractivity (Wildman–Crippen MR) is 107 cm³/mol. The molecule has 2 heterocycles. The number of thiazole rings is 1. The zero-order chi connectivity index (χ0) is 20.6. The molecule has 2 atom stereocenters. The molecule has 0 bridgehead atoms. The van der Waals surface area contributed by atoms with Crippen molar-refractivity contribution in [2.45, 2.75) is 44.8 Å². The normalized spacial score (nSPS) is 23.2. The maximum absolute atomic E-state index is 12.7. The monoisotopic (exact) mass is 423 g/mol. The lowest BCUT2D eigenvalue weighted by Crippen LogP contribution is -2.32. The first-order chi connectivity index (χ1) is 13.8. The Bertz CT molecular complexity index is 857. The molecule has 2 fully saturated rings. The van der Waals surface area contributed by atoms with Crippen molar-refractivity contribution in [2.24, 2.45) is 11.8 Å². The number of anilines is 1. The van der Waals surface area contributed by atoms with Crippen LogP contribution in [0.1, 0.15) is 48.9 Å². The molecule has 2 aliphatic rings. The number of halogens is 3. The van der Waals surface area contributed by atoms with Crippen LogP contribution in [0.2, 0.25) is 0 Å². The maximum Gasteiger partial charge on any atom is 0.416 e. The molecule has 1 aromatic carbocycles. The average molecular weight is 424 g/mol. The van der Waals surface area contributed by atoms with E-state index < -0.39 is 11.7 Å². The second-order valence-corrected chi connectivity index (χ2v) is 9.02. The minimum absolute atomic E-state index is 0.0212. The molecule has 1 N–H and O–H groups in total. The number of amides is 1. The molecule has 1 aliphatic carbocycles. The number of rotatable bonds is 5. The van der Waals surface area contributed by atoms with Crippen molar-refractivity contribution in [3.63, 3.8) is 0 Å². The highest BCUT2D eigenvalue weighted by molar-refractivity contribution is 7.13. The molecule has 8 heteroatoms. The molecular formula is C21H24F3N3OS. The van der Waals surface area contributed by atoms with Crippen LogP contribution in [0.5, 0.6) is 0 Å². The number of hydrogen-bond donors (Lipinski definition) is 1. The number of hydrogen-bond acceptors (Lipinski definition) is 4. The van der Waals surface area contributed by atoms with E-state index in [-0.39, 0.29) is 17.7 Å². The van der Waals surface area contributed by atoms with Crippen LogP contribution in [0.25, 0.3) is 0 Å². The summed E-state index contributed by atoms with van der Waals surface area (Å²) >= 11 is 1.42. The van der Waals surface area contributed by atoms with Crippen molar-refractivity contribution in [1.29, 1.82) is 0 Å². The summed E-state index contributed by atoms with van der Waals surface area (Å²) in [6.07, 6.45) is -1.27. The maximum atomic E-state index is 12.7. The third-order valence-electron chi connectivity index (χ3n) is 5.84. The van der Waals surface area contributed by atoms with Gasteiger partial charge in [0.25, 0.3) is 0 Å². The minimum Gasteiger partial charge on any atom is -0.302 e. The lowest BCUT2D eigenvalue weighted by molar-refractivity contribution is -0.137. The van der Waals surface area contributed by atoms with Gasteiger partial charge >= 0.3 is 6.18 Å². The SMILES string of the molecule is CC1CCN(Cc2csc(NC(=O)C3CC3c3ccc(C(F)(F)F)cc3)n2)CC1. The average Bonchev–Trinajstić information content (AvgIpc) is 3.38. The van der Waals surface area contributed by atoms with E-state index in [0.717, 1.165) is 48.9 Å². The van der Waals surface area contributed by atoms with Crippen LogP contribution >= 0.6 is 11.3 Å². The molecule has 1 amide bonds. The molecule has 0 radical (unpaired) electrons. The van der Waals surface area contributed by atoms with E-state index in [0.29, 0.717) is 11.6 Å². The molecule has 1 saturated carbocycles. The van der Waals surface area contributed by atoms with Crippen LogP contribution < -0.4 is 5.32 Å². The number of carbonyl (C=O) groups is 1. The molecule has 29 heavy (non-hydrogen) atoms. The molecule has 2 unspecified atom stereocenters. The summed E-state index contributed by atoms with van der Waals surface area (Å²) in [7, 11) is 0. The number of likely N-dealkylation sites (tertiary alicyclic amines) is 1. The van der Waals surface area contributed by atoms with Gasteiger partial charge in [-0.3, -0.25) is 9.69 Å². The number of benzene rings is 1. The highest BCUT2D eigenvalue weighted by Crippen LogP contribution is 2.48. The molecule has 1 saturated heterocycles. The molecule has 1 aliphatic heterocycles. The van der Waals surface area contributed by atoms with Gasteiger partial charge in [-0.05, 0) is 61.9 Å². The van der Waals surface area contributed by atoms with Crippen molar-refractivity contribution in [3.05, 3.63) is 46.5 Å². The van der Waals surface area contributed by atoms with E-state index in [4.69, 9.17) is 0 Å². The number of piperidine rings is 1. The van der Waals surface area contributed by atoms with E-state index in [1.807, 2.05) is 5.38 Å². The van der Waals surface area contributed by atoms with E-state index in [1.54, 1.807) is 0 Å². The van der Waals surface area contributed by atoms with Gasteiger partial charge < -0.3 is 5.32 Å². The van der Waals surface area contributed by atoms with Crippen molar-refractivity contribution in [2.75, 3.05) is 18.4 Å². The molecular weight excluding hydrogens is 399 g/mol. The highest BCUT2D eigenvalue weighted by Gasteiger charge is 2.44. The van der Waals surface area contributed by atoms with Crippen LogP contribution in [-0.4, -0.2) is 28.9 Å². The predicted octanol–water partition coefficient (Wildman–Crippen LogP) is 5.14. The Labute approximate surface area is 172 Å². The van der Waals surface area contributed by atoms with Crippen molar-refractivity contribution in [1.82, 2.24) is 9.88 Å². The molecule has 156 valence electrons. The Hall–Kier alpha value is -1.93. The summed E-state index contributed by atoms with van der Waals surface area (Å²) < 4.78 is 38.0. The fourth-order valence-corrected chi connectivity index (χ4v) is 4.56. The van der Waals surface area contributed by atoms with E-state index in [1.165, 1.54) is 36.3 Å². The van der Waals surface area contributed by atoms with Crippen LogP contribution in [0, 0.1) is 11.8 Å². The van der Waals surface area contributed by atoms with Gasteiger partial charge in [-0.2, -0.15) is 13.2 Å². The summed E-state index contributed by atoms with van der Waals surface area (Å²) in [5.74, 6) is 0.449. The fraction of sp³-hybridized carbons (Fsp3) is 0.524. The third-order valence-corrected chi connectivity index (χ3v) is 6.64. The minimum atomic E-state index is -4.34. The number of nitrogens with zero attached hydrogens (tertiary/aromatic N) is 2. The summed E-state index contributed by atoms with van der Waals surface area (Å²) in [6.45, 7) is 5.24. The van der Waals surface area contributed by atoms with Gasteiger partial charge in [-0.25, -0.2) is 4.98 Å². The van der Waals surface area contributed by atoms with Crippen LogP contribution in [0.15, 0.2) is 29.6 Å². The van der Waals surface area contributed by atoms with Crippen molar-refractivity contribution in [3.8, 4) is 0 Å². The second-order valence-electron chi connectivity index (χ2n) is 8.16. The van der Waals surface area contributed by atoms with Gasteiger partial charge in [0.05, 0.1) is 11.3 Å². The van der Waals surface area contributed by atoms with Gasteiger partial charge in [0.15, 0.2) is 5.13 Å². The van der Waals surface area contributed by atoms with Gasteiger partial charge in [0.1, 0.15) is 0 Å². The van der Waals surface area contributed by atoms with Gasteiger partial charge in [-0.1, -0.05) is 19.1 Å². The molecule has 4 nitrogen and oxygen atoms in total. The fourth-order valence-electron chi connectivity index (χ4n) is 3.86. The Morgan fingerprint density at radius 2 is 1.93 bits per heavy atom. The van der Waals surface area contributed by atoms with Crippen molar-refractivity contribution < 1.29 is 18.0 Å². The lowest BCUT2D eigenvalue weighted by Gasteiger charge is -2.29. The Balaban J connectivity index is 1.29. The quantitative estimate of drug-likeness (QED) is 0.725. The summed E-state index contributed by atoms with van der Waals surface area (Å²) in [6, 6.07) is 5.11. The topological polar surface area (TPSA) is 45.2 Å². The standard InChI is InChI=1S/C21H24F3N3OS/c1-13-6-8-27(9-7-13)11-16-12-29-20(25-16)26-19(28)18-10-17(18)14-2-4-15(5-3-14)21(22,23)24/h2-5,12-13,17-18H,6-11H2,1H3,(H,25,26,28). The van der Waals surface area contributed by atoms with E-state index in [9.17, 15) is 18.0 Å². The van der Waals surface area contributed by atoms with Crippen LogP contribution in [-0.2, 0) is 17.5 Å². The third kappa shape index (κ3) is 4.98. The number of alkyl halides is 3. The first-order valence-corrected chi connectivity index (χ1v) is 10.8. The Kier molecular flexibility index (Phi) is 5.66. The van der Waals surface area contributed by atoms with E-state index >= 15 is 0 Å². The Morgan fingerprint density at radius 3 is 2.59 bits per heavy atom. The van der Waals surface area contributed by atoms with Crippen LogP contribution in [0.3, 0.4) is 0 Å². The van der Waals surface area contributed by atoms with Crippen molar-refractivity contribution >= 4 is 22.4 Å². The summed E-state index contributed by atoms with van der Waals surface area (Å²) in [5, 5.41) is 5.45. The lowest BCUT2D eigenvalue weighted by atomic mass is 9.99. The van der Waals surface area contributed by atoms with Gasteiger partial charge in [-0.15, -0.1) is 11.3 Å². The molecule has 4 rings (SSSR count). The van der Waals surface area contributed by atoms with Gasteiger partial charge in [0, 0.05) is 17.8 Å². The smallest absolute Gasteiger partial charge is 0.302 e. The zero-order valence-corrected chi connectivity index (χ0v) is 17.0. The summed E-state index contributed by atoms with van der Waals surface area (Å²) in [4.78, 5) is 19.4. The number of aromatic nitrogens is 1. The van der Waals surface area contributed by atoms with Crippen LogP contribution in [0.4, 0.5) is 18.3 Å². The highest BCUT2D eigenvalue weighted by atomic mass is 32.1. The number of nitrogens with one attached hydrogen (secondary N) is 1. The Morgan fingerprint density at radius 1 is 1.24 bits per heavy atom. The molecule has 1 aromatic heterocycles. The van der Waals surface area contributed by atoms with E-state index in [2.05, 4.69) is 22.1 Å². The first kappa shape index (κ1) is 20.3. The zero-order valence-electron chi connectivity index (χ0n) is 16.2. The largest absolute Gasteiger partial charge is 0.416 e. The molecule has 2 aromatic rings. The molecule has 0 spiro atoms.